The number of carbonyl (C=O) groups is 1. The molecule has 0 bridgehead atoms. The molecular weight excluding hydrogens is 335 g/mol. The van der Waals surface area contributed by atoms with E-state index >= 15 is 0 Å². The fraction of sp³-hybridized carbons (Fsp3) is 0.0588. The van der Waals surface area contributed by atoms with Crippen LogP contribution in [0.5, 0.6) is 5.75 Å². The molecule has 3 rings (SSSR count). The van der Waals surface area contributed by atoms with Gasteiger partial charge in [0.05, 0.1) is 11.2 Å². The molecule has 1 heterocycles. The maximum absolute atomic E-state index is 13.6. The van der Waals surface area contributed by atoms with Crippen molar-refractivity contribution in [2.45, 2.75) is 0 Å². The second-order valence-corrected chi connectivity index (χ2v) is 5.44. The van der Waals surface area contributed by atoms with Gasteiger partial charge in [0.1, 0.15) is 11.6 Å². The molecule has 3 aromatic rings. The summed E-state index contributed by atoms with van der Waals surface area (Å²) in [6, 6.07) is 12.2. The number of para-hydroxylation sites is 1. The van der Waals surface area contributed by atoms with Crippen molar-refractivity contribution in [2.75, 3.05) is 11.9 Å². The molecule has 0 atom stereocenters. The molecule has 0 fully saturated rings. The van der Waals surface area contributed by atoms with Gasteiger partial charge in [-0.25, -0.2) is 4.39 Å². The molecule has 122 valence electrons. The number of nitrogens with one attached hydrogen (secondary N) is 2. The topological polar surface area (TPSA) is 71.2 Å². The van der Waals surface area contributed by atoms with Crippen LogP contribution in [0, 0.1) is 5.82 Å². The number of rotatable bonds is 4. The van der Waals surface area contributed by atoms with Crippen molar-refractivity contribution >= 4 is 34.1 Å². The Morgan fingerprint density at radius 3 is 2.83 bits per heavy atom. The van der Waals surface area contributed by atoms with Crippen molar-refractivity contribution < 1.29 is 13.9 Å². The van der Waals surface area contributed by atoms with Gasteiger partial charge < -0.3 is 15.0 Å². The number of benzene rings is 2. The minimum absolute atomic E-state index is 0.0133. The third-order valence-corrected chi connectivity index (χ3v) is 3.52. The van der Waals surface area contributed by atoms with Gasteiger partial charge in [0.15, 0.2) is 6.61 Å². The molecule has 0 saturated carbocycles. The van der Waals surface area contributed by atoms with Crippen molar-refractivity contribution in [1.29, 1.82) is 0 Å². The van der Waals surface area contributed by atoms with Gasteiger partial charge in [0, 0.05) is 16.5 Å². The summed E-state index contributed by atoms with van der Waals surface area (Å²) in [5, 5.41) is 3.41. The number of fused-ring (bicyclic) bond motifs is 1. The fourth-order valence-corrected chi connectivity index (χ4v) is 2.35. The summed E-state index contributed by atoms with van der Waals surface area (Å²) >= 11 is 5.66. The third kappa shape index (κ3) is 3.55. The molecule has 0 saturated heterocycles. The van der Waals surface area contributed by atoms with E-state index in [1.165, 1.54) is 18.2 Å². The van der Waals surface area contributed by atoms with Gasteiger partial charge in [-0.3, -0.25) is 9.59 Å². The predicted molar refractivity (Wildman–Crippen MR) is 90.1 cm³/mol. The second kappa shape index (κ2) is 6.72. The first-order valence-corrected chi connectivity index (χ1v) is 7.40. The highest BCUT2D eigenvalue weighted by Gasteiger charge is 2.10. The van der Waals surface area contributed by atoms with E-state index in [0.29, 0.717) is 11.3 Å². The van der Waals surface area contributed by atoms with Crippen LogP contribution in [-0.2, 0) is 4.79 Å². The summed E-state index contributed by atoms with van der Waals surface area (Å²) < 4.78 is 19.1. The maximum Gasteiger partial charge on any atom is 0.262 e. The van der Waals surface area contributed by atoms with Gasteiger partial charge in [-0.1, -0.05) is 23.7 Å². The molecule has 2 N–H and O–H groups in total. The van der Waals surface area contributed by atoms with Gasteiger partial charge in [-0.05, 0) is 30.3 Å². The van der Waals surface area contributed by atoms with Crippen LogP contribution in [0.3, 0.4) is 0 Å². The summed E-state index contributed by atoms with van der Waals surface area (Å²) in [6.07, 6.45) is 0. The van der Waals surface area contributed by atoms with Crippen LogP contribution in [0.1, 0.15) is 0 Å². The number of aromatic nitrogens is 1. The quantitative estimate of drug-likeness (QED) is 0.761. The lowest BCUT2D eigenvalue weighted by atomic mass is 10.2. The van der Waals surface area contributed by atoms with Crippen molar-refractivity contribution in [3.63, 3.8) is 0 Å². The second-order valence-electron chi connectivity index (χ2n) is 5.00. The Hall–Kier alpha value is -2.86. The standard InChI is InChI=1S/C17H12ClFN2O3/c18-11-5-6-13(12(19)8-11)20-16(23)9-24-14-3-1-2-10-4-7-15(22)21-17(10)14/h1-8H,9H2,(H,20,23)(H,21,22). The summed E-state index contributed by atoms with van der Waals surface area (Å²) in [5.41, 5.74) is 0.237. The molecule has 2 aromatic carbocycles. The lowest BCUT2D eigenvalue weighted by Gasteiger charge is -2.10. The molecule has 7 heteroatoms. The van der Waals surface area contributed by atoms with Crippen molar-refractivity contribution in [2.24, 2.45) is 0 Å². The van der Waals surface area contributed by atoms with Gasteiger partial charge in [0.2, 0.25) is 5.56 Å². The Kier molecular flexibility index (Phi) is 4.48. The van der Waals surface area contributed by atoms with E-state index in [9.17, 15) is 14.0 Å². The summed E-state index contributed by atoms with van der Waals surface area (Å²) in [4.78, 5) is 26.0. The van der Waals surface area contributed by atoms with Gasteiger partial charge >= 0.3 is 0 Å². The van der Waals surface area contributed by atoms with E-state index < -0.39 is 11.7 Å². The third-order valence-electron chi connectivity index (χ3n) is 3.28. The molecule has 0 aliphatic rings. The van der Waals surface area contributed by atoms with E-state index in [0.717, 1.165) is 11.5 Å². The number of amides is 1. The van der Waals surface area contributed by atoms with Gasteiger partial charge in [-0.15, -0.1) is 0 Å². The fourth-order valence-electron chi connectivity index (χ4n) is 2.19. The molecule has 1 aromatic heterocycles. The van der Waals surface area contributed by atoms with Crippen LogP contribution in [0.25, 0.3) is 10.9 Å². The molecule has 5 nitrogen and oxygen atoms in total. The first-order valence-electron chi connectivity index (χ1n) is 7.03. The number of hydrogen-bond donors (Lipinski definition) is 2. The van der Waals surface area contributed by atoms with E-state index in [2.05, 4.69) is 10.3 Å². The van der Waals surface area contributed by atoms with Gasteiger partial charge in [0.25, 0.3) is 5.91 Å². The number of anilines is 1. The maximum atomic E-state index is 13.6. The number of aromatic amines is 1. The first-order chi connectivity index (χ1) is 11.5. The SMILES string of the molecule is O=C(COc1cccc2ccc(=O)[nH]c12)Nc1ccc(Cl)cc1F. The zero-order valence-electron chi connectivity index (χ0n) is 12.3. The van der Waals surface area contributed by atoms with Crippen LogP contribution in [0.2, 0.25) is 5.02 Å². The molecule has 0 aliphatic carbocycles. The Labute approximate surface area is 141 Å². The van der Waals surface area contributed by atoms with E-state index in [-0.39, 0.29) is 22.9 Å². The normalized spacial score (nSPS) is 10.6. The molecule has 0 spiro atoms. The minimum Gasteiger partial charge on any atom is -0.482 e. The number of pyridine rings is 1. The lowest BCUT2D eigenvalue weighted by molar-refractivity contribution is -0.118. The Morgan fingerprint density at radius 2 is 2.04 bits per heavy atom. The zero-order chi connectivity index (χ0) is 17.1. The minimum atomic E-state index is -0.634. The number of H-pyrrole nitrogens is 1. The molecule has 0 unspecified atom stereocenters. The smallest absolute Gasteiger partial charge is 0.262 e. The average molecular weight is 347 g/mol. The largest absolute Gasteiger partial charge is 0.482 e. The first kappa shape index (κ1) is 16.0. The summed E-state index contributed by atoms with van der Waals surface area (Å²) in [5.74, 6) is -0.811. The highest BCUT2D eigenvalue weighted by Crippen LogP contribution is 2.22. The number of halogens is 2. The molecular formula is C17H12ClFN2O3. The number of ether oxygens (including phenoxy) is 1. The highest BCUT2D eigenvalue weighted by atomic mass is 35.5. The van der Waals surface area contributed by atoms with Crippen LogP contribution in [-0.4, -0.2) is 17.5 Å². The highest BCUT2D eigenvalue weighted by molar-refractivity contribution is 6.30. The monoisotopic (exact) mass is 346 g/mol. The molecule has 24 heavy (non-hydrogen) atoms. The molecule has 0 radical (unpaired) electrons. The molecule has 1 amide bonds. The zero-order valence-corrected chi connectivity index (χ0v) is 13.1. The van der Waals surface area contributed by atoms with Crippen LogP contribution in [0.15, 0.2) is 53.3 Å². The lowest BCUT2D eigenvalue weighted by Crippen LogP contribution is -2.21. The van der Waals surface area contributed by atoms with Crippen molar-refractivity contribution in [1.82, 2.24) is 4.98 Å². The predicted octanol–water partition coefficient (Wildman–Crippen LogP) is 3.34. The van der Waals surface area contributed by atoms with Gasteiger partial charge in [-0.2, -0.15) is 0 Å². The summed E-state index contributed by atoms with van der Waals surface area (Å²) in [7, 11) is 0. The van der Waals surface area contributed by atoms with E-state index in [4.69, 9.17) is 16.3 Å². The summed E-state index contributed by atoms with van der Waals surface area (Å²) in [6.45, 7) is -0.335. The Balaban J connectivity index is 1.72. The Bertz CT molecular complexity index is 971. The molecule has 0 aliphatic heterocycles. The van der Waals surface area contributed by atoms with Crippen molar-refractivity contribution in [3.8, 4) is 5.75 Å². The number of carbonyl (C=O) groups excluding carboxylic acids is 1. The average Bonchev–Trinajstić information content (AvgIpc) is 2.55. The van der Waals surface area contributed by atoms with E-state index in [1.54, 1.807) is 24.3 Å². The van der Waals surface area contributed by atoms with Crippen LogP contribution in [0.4, 0.5) is 10.1 Å². The van der Waals surface area contributed by atoms with Crippen LogP contribution < -0.4 is 15.6 Å². The van der Waals surface area contributed by atoms with Crippen LogP contribution >= 0.6 is 11.6 Å². The van der Waals surface area contributed by atoms with E-state index in [1.807, 2.05) is 0 Å². The number of hydrogen-bond acceptors (Lipinski definition) is 3. The Morgan fingerprint density at radius 1 is 1.21 bits per heavy atom. The van der Waals surface area contributed by atoms with Crippen molar-refractivity contribution in [3.05, 3.63) is 69.7 Å².